The van der Waals surface area contributed by atoms with E-state index >= 15 is 0 Å². The average molecular weight is 280 g/mol. The van der Waals surface area contributed by atoms with Crippen LogP contribution in [0.4, 0.5) is 4.39 Å². The molecule has 0 atom stereocenters. The Kier molecular flexibility index (Phi) is 3.38. The van der Waals surface area contributed by atoms with Gasteiger partial charge in [0, 0.05) is 11.1 Å². The van der Waals surface area contributed by atoms with Crippen molar-refractivity contribution in [3.63, 3.8) is 0 Å². The van der Waals surface area contributed by atoms with Crippen molar-refractivity contribution in [1.82, 2.24) is 0 Å². The maximum atomic E-state index is 14.4. The first-order valence-electron chi connectivity index (χ1n) is 6.90. The highest BCUT2D eigenvalue weighted by molar-refractivity contribution is 5.82. The highest BCUT2D eigenvalue weighted by Gasteiger charge is 2.43. The second kappa shape index (κ2) is 5.05. The van der Waals surface area contributed by atoms with Crippen molar-refractivity contribution in [3.8, 4) is 5.75 Å². The molecule has 0 unspecified atom stereocenters. The van der Waals surface area contributed by atoms with Gasteiger partial charge in [-0.3, -0.25) is 4.79 Å². The zero-order valence-corrected chi connectivity index (χ0v) is 11.2. The van der Waals surface area contributed by atoms with E-state index in [1.165, 1.54) is 6.07 Å². The highest BCUT2D eigenvalue weighted by atomic mass is 19.1. The van der Waals surface area contributed by atoms with Crippen LogP contribution in [0.5, 0.6) is 5.75 Å². The molecule has 20 heavy (non-hydrogen) atoms. The van der Waals surface area contributed by atoms with E-state index in [0.717, 1.165) is 19.3 Å². The molecule has 1 N–H and O–H groups in total. The maximum absolute atomic E-state index is 14.4. The summed E-state index contributed by atoms with van der Waals surface area (Å²) in [6.07, 6.45) is 3.59. The van der Waals surface area contributed by atoms with Gasteiger partial charge in [0.2, 0.25) is 0 Å². The SMILES string of the molecule is O=C(O)C1(c2cc3c(cc2F)COCO3)CCCCC1. The molecule has 1 aliphatic heterocycles. The normalized spacial score (nSPS) is 20.9. The molecule has 0 amide bonds. The molecule has 1 aromatic rings. The summed E-state index contributed by atoms with van der Waals surface area (Å²) in [5.41, 5.74) is -0.224. The van der Waals surface area contributed by atoms with Crippen molar-refractivity contribution in [2.24, 2.45) is 0 Å². The van der Waals surface area contributed by atoms with E-state index in [9.17, 15) is 14.3 Å². The molecule has 1 aliphatic carbocycles. The van der Waals surface area contributed by atoms with Crippen LogP contribution < -0.4 is 4.74 Å². The summed E-state index contributed by atoms with van der Waals surface area (Å²) in [4.78, 5) is 11.8. The third-order valence-electron chi connectivity index (χ3n) is 4.34. The first-order chi connectivity index (χ1) is 9.63. The summed E-state index contributed by atoms with van der Waals surface area (Å²) in [6.45, 7) is 0.421. The Balaban J connectivity index is 2.09. The molecule has 1 heterocycles. The molecule has 1 saturated carbocycles. The Labute approximate surface area is 116 Å². The summed E-state index contributed by atoms with van der Waals surface area (Å²) in [5, 5.41) is 9.64. The van der Waals surface area contributed by atoms with Gasteiger partial charge in [-0.05, 0) is 25.0 Å². The summed E-state index contributed by atoms with van der Waals surface area (Å²) >= 11 is 0. The molecule has 0 aromatic heterocycles. The van der Waals surface area contributed by atoms with Gasteiger partial charge in [-0.1, -0.05) is 19.3 Å². The van der Waals surface area contributed by atoms with Crippen LogP contribution in [-0.4, -0.2) is 17.9 Å². The number of halogens is 1. The lowest BCUT2D eigenvalue weighted by Crippen LogP contribution is -2.38. The zero-order chi connectivity index (χ0) is 14.2. The molecule has 108 valence electrons. The summed E-state index contributed by atoms with van der Waals surface area (Å²) in [5.74, 6) is -0.871. The highest BCUT2D eigenvalue weighted by Crippen LogP contribution is 2.43. The fourth-order valence-corrected chi connectivity index (χ4v) is 3.22. The van der Waals surface area contributed by atoms with Gasteiger partial charge in [-0.25, -0.2) is 4.39 Å². The van der Waals surface area contributed by atoms with Gasteiger partial charge < -0.3 is 14.6 Å². The smallest absolute Gasteiger partial charge is 0.314 e. The number of carboxylic acid groups (broad SMARTS) is 1. The Bertz CT molecular complexity index is 535. The number of fused-ring (bicyclic) bond motifs is 1. The number of benzene rings is 1. The van der Waals surface area contributed by atoms with E-state index in [2.05, 4.69) is 0 Å². The van der Waals surface area contributed by atoms with Crippen molar-refractivity contribution >= 4 is 5.97 Å². The third-order valence-corrected chi connectivity index (χ3v) is 4.34. The molecule has 1 aromatic carbocycles. The van der Waals surface area contributed by atoms with Gasteiger partial charge in [-0.15, -0.1) is 0 Å². The summed E-state index contributed by atoms with van der Waals surface area (Å²) < 4.78 is 24.8. The number of rotatable bonds is 2. The lowest BCUT2D eigenvalue weighted by Gasteiger charge is -2.34. The van der Waals surface area contributed by atoms with Gasteiger partial charge in [-0.2, -0.15) is 0 Å². The number of hydrogen-bond donors (Lipinski definition) is 1. The van der Waals surface area contributed by atoms with Gasteiger partial charge in [0.05, 0.1) is 12.0 Å². The minimum Gasteiger partial charge on any atom is -0.481 e. The molecule has 3 rings (SSSR count). The van der Waals surface area contributed by atoms with Gasteiger partial charge in [0.25, 0.3) is 0 Å². The summed E-state index contributed by atoms with van der Waals surface area (Å²) in [6, 6.07) is 2.91. The number of carbonyl (C=O) groups is 1. The van der Waals surface area contributed by atoms with Crippen molar-refractivity contribution in [3.05, 3.63) is 29.1 Å². The van der Waals surface area contributed by atoms with Crippen LogP contribution in [0.25, 0.3) is 0 Å². The van der Waals surface area contributed by atoms with Crippen LogP contribution in [-0.2, 0) is 21.6 Å². The minimum absolute atomic E-state index is 0.123. The fraction of sp³-hybridized carbons (Fsp3) is 0.533. The van der Waals surface area contributed by atoms with Crippen LogP contribution in [0.1, 0.15) is 43.2 Å². The Morgan fingerprint density at radius 3 is 2.70 bits per heavy atom. The van der Waals surface area contributed by atoms with Gasteiger partial charge in [0.1, 0.15) is 11.6 Å². The number of ether oxygens (including phenoxy) is 2. The predicted octanol–water partition coefficient (Wildman–Crippen LogP) is 2.98. The molecular formula is C15H17FO4. The Morgan fingerprint density at radius 1 is 1.25 bits per heavy atom. The van der Waals surface area contributed by atoms with Crippen molar-refractivity contribution in [2.75, 3.05) is 6.79 Å². The fourth-order valence-electron chi connectivity index (χ4n) is 3.22. The predicted molar refractivity (Wildman–Crippen MR) is 69.1 cm³/mol. The molecule has 0 spiro atoms. The number of aliphatic carboxylic acids is 1. The average Bonchev–Trinajstić information content (AvgIpc) is 2.47. The molecule has 4 nitrogen and oxygen atoms in total. The quantitative estimate of drug-likeness (QED) is 0.904. The third kappa shape index (κ3) is 2.06. The topological polar surface area (TPSA) is 55.8 Å². The van der Waals surface area contributed by atoms with Crippen LogP contribution in [0.15, 0.2) is 12.1 Å². The lowest BCUT2D eigenvalue weighted by atomic mass is 9.69. The molecule has 0 radical (unpaired) electrons. The van der Waals surface area contributed by atoms with Crippen LogP contribution in [0.2, 0.25) is 0 Å². The Hall–Kier alpha value is -1.62. The van der Waals surface area contributed by atoms with Gasteiger partial charge >= 0.3 is 5.97 Å². The monoisotopic (exact) mass is 280 g/mol. The first-order valence-corrected chi connectivity index (χ1v) is 6.90. The number of hydrogen-bond acceptors (Lipinski definition) is 3. The second-order valence-electron chi connectivity index (χ2n) is 5.50. The largest absolute Gasteiger partial charge is 0.481 e. The minimum atomic E-state index is -1.11. The van der Waals surface area contributed by atoms with Crippen LogP contribution in [0.3, 0.4) is 0 Å². The van der Waals surface area contributed by atoms with Crippen LogP contribution >= 0.6 is 0 Å². The molecule has 2 aliphatic rings. The number of carboxylic acids is 1. The van der Waals surface area contributed by atoms with Crippen molar-refractivity contribution in [1.29, 1.82) is 0 Å². The van der Waals surface area contributed by atoms with E-state index in [0.29, 0.717) is 30.8 Å². The van der Waals surface area contributed by atoms with E-state index in [-0.39, 0.29) is 12.4 Å². The maximum Gasteiger partial charge on any atom is 0.314 e. The van der Waals surface area contributed by atoms with Crippen molar-refractivity contribution < 1.29 is 23.8 Å². The summed E-state index contributed by atoms with van der Waals surface area (Å²) in [7, 11) is 0. The molecule has 1 fully saturated rings. The van der Waals surface area contributed by atoms with E-state index in [1.807, 2.05) is 0 Å². The molecule has 5 heteroatoms. The first kappa shape index (κ1) is 13.4. The second-order valence-corrected chi connectivity index (χ2v) is 5.50. The van der Waals surface area contributed by atoms with E-state index in [1.54, 1.807) is 6.07 Å². The van der Waals surface area contributed by atoms with E-state index < -0.39 is 17.2 Å². The van der Waals surface area contributed by atoms with Gasteiger partial charge in [0.15, 0.2) is 6.79 Å². The van der Waals surface area contributed by atoms with Crippen LogP contribution in [0, 0.1) is 5.82 Å². The van der Waals surface area contributed by atoms with Crippen molar-refractivity contribution in [2.45, 2.75) is 44.1 Å². The van der Waals surface area contributed by atoms with E-state index in [4.69, 9.17) is 9.47 Å². The standard InChI is InChI=1S/C15H17FO4/c16-12-6-10-8-19-9-20-13(10)7-11(12)15(14(17)18)4-2-1-3-5-15/h6-7H,1-5,8-9H2,(H,17,18). The molecule has 0 bridgehead atoms. The Morgan fingerprint density at radius 2 is 2.00 bits per heavy atom. The lowest BCUT2D eigenvalue weighted by molar-refractivity contribution is -0.145. The molecule has 0 saturated heterocycles. The molecular weight excluding hydrogens is 263 g/mol. The zero-order valence-electron chi connectivity index (χ0n) is 11.2.